The van der Waals surface area contributed by atoms with Gasteiger partial charge >= 0.3 is 0 Å². The van der Waals surface area contributed by atoms with Gasteiger partial charge < -0.3 is 4.90 Å². The van der Waals surface area contributed by atoms with E-state index >= 15 is 0 Å². The first-order valence-electron chi connectivity index (χ1n) is 6.59. The monoisotopic (exact) mass is 264 g/mol. The summed E-state index contributed by atoms with van der Waals surface area (Å²) < 4.78 is 0. The molecule has 0 N–H and O–H groups in total. The minimum atomic E-state index is 0.177. The van der Waals surface area contributed by atoms with Gasteiger partial charge in [0.2, 0.25) is 5.91 Å². The minimum Gasteiger partial charge on any atom is -0.336 e. The van der Waals surface area contributed by atoms with E-state index in [1.165, 1.54) is 12.0 Å². The normalized spacial score (nSPS) is 19.9. The number of aromatic nitrogens is 1. The SMILES string of the molecule is CCSc1ncccc1[C@@H]1CCCCN1C(C)=O. The summed E-state index contributed by atoms with van der Waals surface area (Å²) in [6.07, 6.45) is 5.21. The van der Waals surface area contributed by atoms with Crippen molar-refractivity contribution in [3.05, 3.63) is 23.9 Å². The number of hydrogen-bond donors (Lipinski definition) is 0. The fourth-order valence-electron chi connectivity index (χ4n) is 2.55. The molecule has 18 heavy (non-hydrogen) atoms. The Morgan fingerprint density at radius 2 is 2.39 bits per heavy atom. The largest absolute Gasteiger partial charge is 0.336 e. The Hall–Kier alpha value is -1.03. The molecule has 3 nitrogen and oxygen atoms in total. The van der Waals surface area contributed by atoms with Gasteiger partial charge in [-0.3, -0.25) is 4.79 Å². The zero-order valence-electron chi connectivity index (χ0n) is 11.1. The molecule has 0 saturated carbocycles. The van der Waals surface area contributed by atoms with Crippen LogP contribution in [0.25, 0.3) is 0 Å². The average Bonchev–Trinajstić information content (AvgIpc) is 2.40. The maximum absolute atomic E-state index is 11.8. The minimum absolute atomic E-state index is 0.177. The van der Waals surface area contributed by atoms with Crippen molar-refractivity contribution in [3.63, 3.8) is 0 Å². The number of piperidine rings is 1. The second-order valence-electron chi connectivity index (χ2n) is 4.55. The molecule has 1 aliphatic heterocycles. The van der Waals surface area contributed by atoms with Gasteiger partial charge in [-0.1, -0.05) is 13.0 Å². The van der Waals surface area contributed by atoms with Gasteiger partial charge in [0.1, 0.15) is 5.03 Å². The smallest absolute Gasteiger partial charge is 0.219 e. The molecule has 0 aliphatic carbocycles. The highest BCUT2D eigenvalue weighted by atomic mass is 32.2. The number of amides is 1. The highest BCUT2D eigenvalue weighted by molar-refractivity contribution is 7.99. The first-order valence-corrected chi connectivity index (χ1v) is 7.57. The molecule has 0 aromatic carbocycles. The lowest BCUT2D eigenvalue weighted by Gasteiger charge is -2.36. The van der Waals surface area contributed by atoms with Crippen molar-refractivity contribution in [2.45, 2.75) is 44.2 Å². The van der Waals surface area contributed by atoms with Crippen molar-refractivity contribution in [3.8, 4) is 0 Å². The molecule has 1 atom stereocenters. The quantitative estimate of drug-likeness (QED) is 0.786. The van der Waals surface area contributed by atoms with E-state index in [4.69, 9.17) is 0 Å². The first-order chi connectivity index (χ1) is 8.74. The lowest BCUT2D eigenvalue weighted by molar-refractivity contribution is -0.132. The summed E-state index contributed by atoms with van der Waals surface area (Å²) in [5.74, 6) is 1.19. The van der Waals surface area contributed by atoms with Gasteiger partial charge in [-0.25, -0.2) is 4.98 Å². The third kappa shape index (κ3) is 2.86. The molecule has 0 radical (unpaired) electrons. The fourth-order valence-corrected chi connectivity index (χ4v) is 3.33. The molecule has 1 saturated heterocycles. The number of carbonyl (C=O) groups excluding carboxylic acids is 1. The van der Waals surface area contributed by atoms with Crippen LogP contribution in [0.2, 0.25) is 0 Å². The molecule has 2 heterocycles. The number of hydrogen-bond acceptors (Lipinski definition) is 3. The number of likely N-dealkylation sites (tertiary alicyclic amines) is 1. The Kier molecular flexibility index (Phi) is 4.64. The third-order valence-corrected chi connectivity index (χ3v) is 4.25. The average molecular weight is 264 g/mol. The van der Waals surface area contributed by atoms with Crippen LogP contribution in [0.3, 0.4) is 0 Å². The van der Waals surface area contributed by atoms with E-state index in [0.717, 1.165) is 30.2 Å². The number of rotatable bonds is 3. The molecular weight excluding hydrogens is 244 g/mol. The van der Waals surface area contributed by atoms with Crippen LogP contribution in [0.5, 0.6) is 0 Å². The van der Waals surface area contributed by atoms with E-state index in [0.29, 0.717) is 0 Å². The van der Waals surface area contributed by atoms with E-state index in [2.05, 4.69) is 18.0 Å². The topological polar surface area (TPSA) is 33.2 Å². The molecule has 0 bridgehead atoms. The molecule has 1 aliphatic rings. The van der Waals surface area contributed by atoms with E-state index in [9.17, 15) is 4.79 Å². The molecule has 1 fully saturated rings. The van der Waals surface area contributed by atoms with Crippen LogP contribution in [0.1, 0.15) is 44.7 Å². The van der Waals surface area contributed by atoms with Crippen LogP contribution < -0.4 is 0 Å². The second kappa shape index (κ2) is 6.23. The molecule has 0 unspecified atom stereocenters. The molecule has 1 aromatic rings. The molecule has 1 aromatic heterocycles. The summed E-state index contributed by atoms with van der Waals surface area (Å²) in [7, 11) is 0. The van der Waals surface area contributed by atoms with Gasteiger partial charge in [-0.05, 0) is 31.1 Å². The summed E-state index contributed by atoms with van der Waals surface area (Å²) in [6, 6.07) is 4.32. The predicted molar refractivity (Wildman–Crippen MR) is 74.6 cm³/mol. The van der Waals surface area contributed by atoms with Crippen molar-refractivity contribution in [1.82, 2.24) is 9.88 Å². The first kappa shape index (κ1) is 13.4. The van der Waals surface area contributed by atoms with Gasteiger partial charge in [0.05, 0.1) is 6.04 Å². The Labute approximate surface area is 113 Å². The van der Waals surface area contributed by atoms with Crippen molar-refractivity contribution in [1.29, 1.82) is 0 Å². The highest BCUT2D eigenvalue weighted by Gasteiger charge is 2.27. The fraction of sp³-hybridized carbons (Fsp3) is 0.571. The lowest BCUT2D eigenvalue weighted by atomic mass is 9.96. The Bertz CT molecular complexity index is 422. The summed E-state index contributed by atoms with van der Waals surface area (Å²) in [5, 5.41) is 1.08. The van der Waals surface area contributed by atoms with Crippen LogP contribution in [0.15, 0.2) is 23.4 Å². The number of pyridine rings is 1. The van der Waals surface area contributed by atoms with Crippen LogP contribution >= 0.6 is 11.8 Å². The van der Waals surface area contributed by atoms with Crippen molar-refractivity contribution in [2.75, 3.05) is 12.3 Å². The van der Waals surface area contributed by atoms with Gasteiger partial charge in [-0.2, -0.15) is 0 Å². The van der Waals surface area contributed by atoms with Crippen LogP contribution in [-0.2, 0) is 4.79 Å². The molecule has 1 amide bonds. The van der Waals surface area contributed by atoms with Crippen LogP contribution in [0, 0.1) is 0 Å². The van der Waals surface area contributed by atoms with Crippen LogP contribution in [-0.4, -0.2) is 28.1 Å². The highest BCUT2D eigenvalue weighted by Crippen LogP contribution is 2.35. The maximum Gasteiger partial charge on any atom is 0.219 e. The van der Waals surface area contributed by atoms with Gasteiger partial charge in [0.15, 0.2) is 0 Å². The number of nitrogens with zero attached hydrogens (tertiary/aromatic N) is 2. The van der Waals surface area contributed by atoms with E-state index in [-0.39, 0.29) is 11.9 Å². The number of carbonyl (C=O) groups is 1. The molecule has 2 rings (SSSR count). The summed E-state index contributed by atoms with van der Waals surface area (Å²) in [4.78, 5) is 18.2. The lowest BCUT2D eigenvalue weighted by Crippen LogP contribution is -2.37. The van der Waals surface area contributed by atoms with Crippen molar-refractivity contribution in [2.24, 2.45) is 0 Å². The van der Waals surface area contributed by atoms with Gasteiger partial charge in [0.25, 0.3) is 0 Å². The van der Waals surface area contributed by atoms with Gasteiger partial charge in [-0.15, -0.1) is 11.8 Å². The summed E-state index contributed by atoms with van der Waals surface area (Å²) in [6.45, 7) is 4.68. The Morgan fingerprint density at radius 3 is 3.11 bits per heavy atom. The Morgan fingerprint density at radius 1 is 1.56 bits per heavy atom. The van der Waals surface area contributed by atoms with E-state index in [1.807, 2.05) is 17.2 Å². The van der Waals surface area contributed by atoms with Crippen molar-refractivity contribution < 1.29 is 4.79 Å². The molecule has 4 heteroatoms. The number of thioether (sulfide) groups is 1. The Balaban J connectivity index is 2.30. The van der Waals surface area contributed by atoms with Gasteiger partial charge in [0, 0.05) is 25.2 Å². The molecule has 98 valence electrons. The molecule has 0 spiro atoms. The zero-order valence-corrected chi connectivity index (χ0v) is 11.9. The van der Waals surface area contributed by atoms with E-state index < -0.39 is 0 Å². The van der Waals surface area contributed by atoms with Crippen LogP contribution in [0.4, 0.5) is 0 Å². The van der Waals surface area contributed by atoms with E-state index in [1.54, 1.807) is 18.7 Å². The summed E-state index contributed by atoms with van der Waals surface area (Å²) >= 11 is 1.76. The maximum atomic E-state index is 11.8. The standard InChI is InChI=1S/C14H20N2OS/c1-3-18-14-12(7-6-9-15-14)13-8-4-5-10-16(13)11(2)17/h6-7,9,13H,3-5,8,10H2,1-2H3/t13-/m0/s1. The predicted octanol–water partition coefficient (Wildman–Crippen LogP) is 3.27. The zero-order chi connectivity index (χ0) is 13.0. The summed E-state index contributed by atoms with van der Waals surface area (Å²) in [5.41, 5.74) is 1.22. The van der Waals surface area contributed by atoms with Crippen molar-refractivity contribution >= 4 is 17.7 Å². The third-order valence-electron chi connectivity index (χ3n) is 3.35. The second-order valence-corrected chi connectivity index (χ2v) is 5.81. The molecular formula is C14H20N2OS.